The lowest BCUT2D eigenvalue weighted by atomic mass is 10.2. The van der Waals surface area contributed by atoms with Crippen LogP contribution >= 0.6 is 0 Å². The number of nitrogens with zero attached hydrogens (tertiary/aromatic N) is 1. The standard InChI is InChI=1S/C16H23N3O4/c1-19-8-4-5-13(19)16(21)17-11-6-7-14(23-3)12(9-11)18-15(20)10-22-2/h6-7,9,13H,4-5,8,10H2,1-3H3,(H,17,21)(H,18,20)/t13-/m0/s1. The molecule has 1 aliphatic heterocycles. The van der Waals surface area contributed by atoms with Crippen LogP contribution in [0.25, 0.3) is 0 Å². The van der Waals surface area contributed by atoms with Gasteiger partial charge >= 0.3 is 0 Å². The zero-order valence-electron chi connectivity index (χ0n) is 13.7. The van der Waals surface area contributed by atoms with E-state index in [2.05, 4.69) is 10.6 Å². The van der Waals surface area contributed by atoms with Gasteiger partial charge in [-0.2, -0.15) is 0 Å². The van der Waals surface area contributed by atoms with Crippen LogP contribution in [-0.2, 0) is 14.3 Å². The number of carbonyl (C=O) groups excluding carboxylic acids is 2. The molecule has 2 amide bonds. The highest BCUT2D eigenvalue weighted by Gasteiger charge is 2.27. The summed E-state index contributed by atoms with van der Waals surface area (Å²) in [7, 11) is 4.92. The summed E-state index contributed by atoms with van der Waals surface area (Å²) < 4.78 is 10.0. The zero-order valence-corrected chi connectivity index (χ0v) is 13.7. The molecule has 0 bridgehead atoms. The van der Waals surface area contributed by atoms with Gasteiger partial charge in [0.2, 0.25) is 11.8 Å². The first-order valence-electron chi connectivity index (χ1n) is 7.53. The fourth-order valence-electron chi connectivity index (χ4n) is 2.67. The highest BCUT2D eigenvalue weighted by molar-refractivity contribution is 5.97. The molecule has 0 unspecified atom stereocenters. The second kappa shape index (κ2) is 7.94. The molecule has 1 aliphatic rings. The van der Waals surface area contributed by atoms with Crippen molar-refractivity contribution in [3.63, 3.8) is 0 Å². The van der Waals surface area contributed by atoms with Crippen LogP contribution in [0, 0.1) is 0 Å². The lowest BCUT2D eigenvalue weighted by molar-refractivity contribution is -0.120. The normalized spacial score (nSPS) is 17.8. The number of nitrogens with one attached hydrogen (secondary N) is 2. The zero-order chi connectivity index (χ0) is 16.8. The van der Waals surface area contributed by atoms with E-state index in [1.807, 2.05) is 11.9 Å². The Bertz CT molecular complexity index is 576. The maximum absolute atomic E-state index is 12.3. The molecule has 1 saturated heterocycles. The van der Waals surface area contributed by atoms with Crippen molar-refractivity contribution >= 4 is 23.2 Å². The molecule has 1 aromatic rings. The number of amides is 2. The predicted molar refractivity (Wildman–Crippen MR) is 87.8 cm³/mol. The third kappa shape index (κ3) is 4.43. The van der Waals surface area contributed by atoms with Crippen LogP contribution in [0.1, 0.15) is 12.8 Å². The van der Waals surface area contributed by atoms with Gasteiger partial charge < -0.3 is 20.1 Å². The molecular weight excluding hydrogens is 298 g/mol. The third-order valence-corrected chi connectivity index (χ3v) is 3.84. The van der Waals surface area contributed by atoms with E-state index in [9.17, 15) is 9.59 Å². The summed E-state index contributed by atoms with van der Waals surface area (Å²) in [6, 6.07) is 5.02. The summed E-state index contributed by atoms with van der Waals surface area (Å²) in [5, 5.41) is 5.60. The van der Waals surface area contributed by atoms with Crippen LogP contribution in [-0.4, -0.2) is 57.2 Å². The molecule has 2 N–H and O–H groups in total. The highest BCUT2D eigenvalue weighted by atomic mass is 16.5. The Hall–Kier alpha value is -2.12. The van der Waals surface area contributed by atoms with Crippen molar-refractivity contribution in [1.29, 1.82) is 0 Å². The minimum atomic E-state index is -0.287. The van der Waals surface area contributed by atoms with Crippen molar-refractivity contribution in [1.82, 2.24) is 4.90 Å². The van der Waals surface area contributed by atoms with Crippen molar-refractivity contribution in [3.8, 4) is 5.75 Å². The molecular formula is C16H23N3O4. The van der Waals surface area contributed by atoms with Gasteiger partial charge in [0, 0.05) is 12.8 Å². The molecule has 1 atom stereocenters. The number of benzene rings is 1. The minimum Gasteiger partial charge on any atom is -0.495 e. The average Bonchev–Trinajstić information content (AvgIpc) is 2.94. The van der Waals surface area contributed by atoms with Gasteiger partial charge in [-0.15, -0.1) is 0 Å². The Labute approximate surface area is 135 Å². The van der Waals surface area contributed by atoms with Crippen LogP contribution < -0.4 is 15.4 Å². The first-order valence-corrected chi connectivity index (χ1v) is 7.53. The van der Waals surface area contributed by atoms with E-state index < -0.39 is 0 Å². The van der Waals surface area contributed by atoms with E-state index in [4.69, 9.17) is 9.47 Å². The number of rotatable bonds is 6. The third-order valence-electron chi connectivity index (χ3n) is 3.84. The molecule has 2 rings (SSSR count). The fourth-order valence-corrected chi connectivity index (χ4v) is 2.67. The van der Waals surface area contributed by atoms with Gasteiger partial charge in [-0.3, -0.25) is 14.5 Å². The number of anilines is 2. The summed E-state index contributed by atoms with van der Waals surface area (Å²) in [6.45, 7) is 0.881. The van der Waals surface area contributed by atoms with Gasteiger partial charge in [-0.05, 0) is 44.6 Å². The van der Waals surface area contributed by atoms with E-state index >= 15 is 0 Å². The van der Waals surface area contributed by atoms with Crippen LogP contribution in [0.15, 0.2) is 18.2 Å². The Kier molecular flexibility index (Phi) is 5.95. The van der Waals surface area contributed by atoms with E-state index in [1.165, 1.54) is 14.2 Å². The number of hydrogen-bond donors (Lipinski definition) is 2. The average molecular weight is 321 g/mol. The van der Waals surface area contributed by atoms with Crippen molar-refractivity contribution < 1.29 is 19.1 Å². The van der Waals surface area contributed by atoms with Crippen LogP contribution in [0.2, 0.25) is 0 Å². The number of methoxy groups -OCH3 is 2. The molecule has 0 saturated carbocycles. The molecule has 0 radical (unpaired) electrons. The largest absolute Gasteiger partial charge is 0.495 e. The topological polar surface area (TPSA) is 79.9 Å². The van der Waals surface area contributed by atoms with Crippen molar-refractivity contribution in [2.75, 3.05) is 45.1 Å². The van der Waals surface area contributed by atoms with Crippen molar-refractivity contribution in [2.24, 2.45) is 0 Å². The number of likely N-dealkylation sites (N-methyl/N-ethyl adjacent to an activating group) is 1. The van der Waals surface area contributed by atoms with Gasteiger partial charge in [-0.1, -0.05) is 0 Å². The molecule has 0 aliphatic carbocycles. The van der Waals surface area contributed by atoms with Gasteiger partial charge in [0.05, 0.1) is 18.8 Å². The molecule has 23 heavy (non-hydrogen) atoms. The highest BCUT2D eigenvalue weighted by Crippen LogP contribution is 2.28. The molecule has 1 aromatic carbocycles. The lowest BCUT2D eigenvalue weighted by Crippen LogP contribution is -2.37. The predicted octanol–water partition coefficient (Wildman–Crippen LogP) is 1.31. The maximum atomic E-state index is 12.3. The Morgan fingerprint density at radius 2 is 2.09 bits per heavy atom. The SMILES string of the molecule is COCC(=O)Nc1cc(NC(=O)[C@@H]2CCCN2C)ccc1OC. The summed E-state index contributed by atoms with van der Waals surface area (Å²) in [6.07, 6.45) is 1.88. The van der Waals surface area contributed by atoms with Gasteiger partial charge in [0.15, 0.2) is 0 Å². The van der Waals surface area contributed by atoms with Crippen molar-refractivity contribution in [2.45, 2.75) is 18.9 Å². The first kappa shape index (κ1) is 17.2. The summed E-state index contributed by atoms with van der Waals surface area (Å²) >= 11 is 0. The van der Waals surface area contributed by atoms with Crippen LogP contribution in [0.5, 0.6) is 5.75 Å². The van der Waals surface area contributed by atoms with E-state index in [0.717, 1.165) is 19.4 Å². The number of likely N-dealkylation sites (tertiary alicyclic amines) is 1. The molecule has 0 spiro atoms. The first-order chi connectivity index (χ1) is 11.0. The number of carbonyl (C=O) groups is 2. The maximum Gasteiger partial charge on any atom is 0.250 e. The lowest BCUT2D eigenvalue weighted by Gasteiger charge is -2.19. The summed E-state index contributed by atoms with van der Waals surface area (Å²) in [5.74, 6) is 0.194. The second-order valence-electron chi connectivity index (χ2n) is 5.52. The Balaban J connectivity index is 2.10. The molecule has 7 nitrogen and oxygen atoms in total. The molecule has 7 heteroatoms. The van der Waals surface area contributed by atoms with Crippen LogP contribution in [0.3, 0.4) is 0 Å². The number of ether oxygens (including phenoxy) is 2. The minimum absolute atomic E-state index is 0.0377. The monoisotopic (exact) mass is 321 g/mol. The van der Waals surface area contributed by atoms with E-state index in [-0.39, 0.29) is 24.5 Å². The molecule has 0 aromatic heterocycles. The smallest absolute Gasteiger partial charge is 0.250 e. The van der Waals surface area contributed by atoms with E-state index in [1.54, 1.807) is 18.2 Å². The summed E-state index contributed by atoms with van der Waals surface area (Å²) in [4.78, 5) is 26.0. The fraction of sp³-hybridized carbons (Fsp3) is 0.500. The van der Waals surface area contributed by atoms with Gasteiger partial charge in [-0.25, -0.2) is 0 Å². The second-order valence-corrected chi connectivity index (χ2v) is 5.52. The quantitative estimate of drug-likeness (QED) is 0.826. The van der Waals surface area contributed by atoms with Crippen molar-refractivity contribution in [3.05, 3.63) is 18.2 Å². The van der Waals surface area contributed by atoms with Crippen LogP contribution in [0.4, 0.5) is 11.4 Å². The Morgan fingerprint density at radius 1 is 1.30 bits per heavy atom. The molecule has 1 heterocycles. The summed E-state index contributed by atoms with van der Waals surface area (Å²) in [5.41, 5.74) is 1.11. The van der Waals surface area contributed by atoms with Gasteiger partial charge in [0.25, 0.3) is 0 Å². The molecule has 1 fully saturated rings. The van der Waals surface area contributed by atoms with Gasteiger partial charge in [0.1, 0.15) is 12.4 Å². The Morgan fingerprint density at radius 3 is 2.70 bits per heavy atom. The number of hydrogen-bond acceptors (Lipinski definition) is 5. The molecule has 126 valence electrons. The van der Waals surface area contributed by atoms with E-state index in [0.29, 0.717) is 17.1 Å².